The molecule has 1 atom stereocenters. The number of nitrogens with zero attached hydrogens (tertiary/aromatic N) is 1. The van der Waals surface area contributed by atoms with E-state index in [4.69, 9.17) is 0 Å². The molecule has 1 aromatic heterocycles. The summed E-state index contributed by atoms with van der Waals surface area (Å²) in [6.45, 7) is 5.95. The lowest BCUT2D eigenvalue weighted by Gasteiger charge is -2.11. The average Bonchev–Trinajstić information content (AvgIpc) is 2.72. The van der Waals surface area contributed by atoms with Crippen LogP contribution < -0.4 is 5.32 Å². The second-order valence-electron chi connectivity index (χ2n) is 4.43. The zero-order chi connectivity index (χ0) is 11.7. The first-order chi connectivity index (χ1) is 7.58. The van der Waals surface area contributed by atoms with E-state index in [-0.39, 0.29) is 11.9 Å². The molecule has 1 aliphatic rings. The van der Waals surface area contributed by atoms with Gasteiger partial charge in [0.25, 0.3) is 0 Å². The maximum atomic E-state index is 11.7. The quantitative estimate of drug-likeness (QED) is 0.869. The topological polar surface area (TPSA) is 32.3 Å². The molecule has 1 amide bonds. The standard InChI is InChI=1S/C12H18N2OS/c1-8-6-10(16-9(8)2)7-13-11-4-5-14(3)12(11)15/h6,11,13H,4-5,7H2,1-3H3. The van der Waals surface area contributed by atoms with Crippen LogP contribution in [-0.4, -0.2) is 30.4 Å². The summed E-state index contributed by atoms with van der Waals surface area (Å²) in [7, 11) is 1.86. The Hall–Kier alpha value is -0.870. The molecule has 1 N–H and O–H groups in total. The first-order valence-electron chi connectivity index (χ1n) is 5.62. The number of thiophene rings is 1. The zero-order valence-electron chi connectivity index (χ0n) is 10.0. The van der Waals surface area contributed by atoms with Crippen molar-refractivity contribution in [2.24, 2.45) is 0 Å². The molecule has 1 saturated heterocycles. The summed E-state index contributed by atoms with van der Waals surface area (Å²) in [5.41, 5.74) is 1.34. The van der Waals surface area contributed by atoms with Crippen molar-refractivity contribution in [3.05, 3.63) is 21.4 Å². The number of aryl methyl sites for hydroxylation is 2. The molecule has 0 radical (unpaired) electrons. The highest BCUT2D eigenvalue weighted by Gasteiger charge is 2.28. The molecule has 2 heterocycles. The Morgan fingerprint density at radius 2 is 2.31 bits per heavy atom. The Morgan fingerprint density at radius 3 is 2.81 bits per heavy atom. The third kappa shape index (κ3) is 2.28. The molecule has 1 aliphatic heterocycles. The van der Waals surface area contributed by atoms with Gasteiger partial charge in [-0.2, -0.15) is 0 Å². The van der Waals surface area contributed by atoms with Crippen LogP contribution in [0.5, 0.6) is 0 Å². The second-order valence-corrected chi connectivity index (χ2v) is 5.77. The third-order valence-electron chi connectivity index (χ3n) is 3.17. The Balaban J connectivity index is 1.90. The van der Waals surface area contributed by atoms with Gasteiger partial charge in [0.1, 0.15) is 0 Å². The number of carbonyl (C=O) groups excluding carboxylic acids is 1. The summed E-state index contributed by atoms with van der Waals surface area (Å²) in [5.74, 6) is 0.227. The number of rotatable bonds is 3. The van der Waals surface area contributed by atoms with Crippen molar-refractivity contribution in [3.8, 4) is 0 Å². The molecule has 0 aliphatic carbocycles. The molecule has 2 rings (SSSR count). The monoisotopic (exact) mass is 238 g/mol. The summed E-state index contributed by atoms with van der Waals surface area (Å²) in [4.78, 5) is 16.1. The number of hydrogen-bond acceptors (Lipinski definition) is 3. The van der Waals surface area contributed by atoms with Crippen LogP contribution in [0.3, 0.4) is 0 Å². The largest absolute Gasteiger partial charge is 0.344 e. The van der Waals surface area contributed by atoms with Crippen LogP contribution in [0.2, 0.25) is 0 Å². The fraction of sp³-hybridized carbons (Fsp3) is 0.583. The minimum absolute atomic E-state index is 0.0210. The number of hydrogen-bond donors (Lipinski definition) is 1. The molecule has 1 unspecified atom stereocenters. The predicted molar refractivity (Wildman–Crippen MR) is 66.7 cm³/mol. The van der Waals surface area contributed by atoms with E-state index in [2.05, 4.69) is 25.2 Å². The maximum absolute atomic E-state index is 11.7. The van der Waals surface area contributed by atoms with Gasteiger partial charge in [0.2, 0.25) is 5.91 Å². The van der Waals surface area contributed by atoms with Gasteiger partial charge in [-0.05, 0) is 31.9 Å². The second kappa shape index (κ2) is 4.55. The summed E-state index contributed by atoms with van der Waals surface area (Å²) in [5, 5.41) is 3.34. The first kappa shape index (κ1) is 11.6. The van der Waals surface area contributed by atoms with Gasteiger partial charge in [-0.15, -0.1) is 11.3 Å². The van der Waals surface area contributed by atoms with Gasteiger partial charge >= 0.3 is 0 Å². The zero-order valence-corrected chi connectivity index (χ0v) is 10.9. The van der Waals surface area contributed by atoms with Crippen molar-refractivity contribution >= 4 is 17.2 Å². The molecule has 3 nitrogen and oxygen atoms in total. The van der Waals surface area contributed by atoms with Gasteiger partial charge in [-0.3, -0.25) is 4.79 Å². The summed E-state index contributed by atoms with van der Waals surface area (Å²) >= 11 is 1.81. The van der Waals surface area contributed by atoms with Crippen LogP contribution in [0, 0.1) is 13.8 Å². The van der Waals surface area contributed by atoms with Crippen molar-refractivity contribution in [3.63, 3.8) is 0 Å². The molecule has 1 aromatic rings. The molecule has 1 fully saturated rings. The molecular weight excluding hydrogens is 220 g/mol. The van der Waals surface area contributed by atoms with Crippen LogP contribution in [0.1, 0.15) is 21.7 Å². The van der Waals surface area contributed by atoms with Crippen molar-refractivity contribution in [2.45, 2.75) is 32.9 Å². The summed E-state index contributed by atoms with van der Waals surface area (Å²) in [6.07, 6.45) is 0.929. The fourth-order valence-corrected chi connectivity index (χ4v) is 2.98. The first-order valence-corrected chi connectivity index (χ1v) is 6.44. The number of likely N-dealkylation sites (tertiary alicyclic amines) is 1. The number of likely N-dealkylation sites (N-methyl/N-ethyl adjacent to an activating group) is 1. The minimum Gasteiger partial charge on any atom is -0.344 e. The van der Waals surface area contributed by atoms with Gasteiger partial charge in [-0.1, -0.05) is 0 Å². The molecule has 0 saturated carbocycles. The van der Waals surface area contributed by atoms with Gasteiger partial charge < -0.3 is 10.2 Å². The molecule has 0 spiro atoms. The number of carbonyl (C=O) groups is 1. The molecule has 88 valence electrons. The average molecular weight is 238 g/mol. The van der Waals surface area contributed by atoms with E-state index in [1.165, 1.54) is 15.3 Å². The number of nitrogens with one attached hydrogen (secondary N) is 1. The van der Waals surface area contributed by atoms with Gasteiger partial charge in [0, 0.05) is 29.9 Å². The van der Waals surface area contributed by atoms with E-state index < -0.39 is 0 Å². The smallest absolute Gasteiger partial charge is 0.239 e. The Morgan fingerprint density at radius 1 is 1.56 bits per heavy atom. The molecule has 4 heteroatoms. The van der Waals surface area contributed by atoms with E-state index in [9.17, 15) is 4.79 Å². The van der Waals surface area contributed by atoms with Gasteiger partial charge in [0.05, 0.1) is 6.04 Å². The minimum atomic E-state index is 0.0210. The normalized spacial score (nSPS) is 20.8. The van der Waals surface area contributed by atoms with E-state index in [1.54, 1.807) is 4.90 Å². The molecule has 16 heavy (non-hydrogen) atoms. The van der Waals surface area contributed by atoms with E-state index in [1.807, 2.05) is 18.4 Å². The Kier molecular flexibility index (Phi) is 3.30. The van der Waals surface area contributed by atoms with E-state index >= 15 is 0 Å². The van der Waals surface area contributed by atoms with Crippen molar-refractivity contribution in [1.29, 1.82) is 0 Å². The Labute approximate surface area is 100 Å². The van der Waals surface area contributed by atoms with Crippen LogP contribution in [0.4, 0.5) is 0 Å². The van der Waals surface area contributed by atoms with Gasteiger partial charge in [-0.25, -0.2) is 0 Å². The molecule has 0 bridgehead atoms. The molecule has 0 aromatic carbocycles. The highest BCUT2D eigenvalue weighted by Crippen LogP contribution is 2.20. The summed E-state index contributed by atoms with van der Waals surface area (Å²) in [6, 6.07) is 2.23. The van der Waals surface area contributed by atoms with Crippen LogP contribution in [0.25, 0.3) is 0 Å². The third-order valence-corrected chi connectivity index (χ3v) is 4.32. The SMILES string of the molecule is Cc1cc(CNC2CCN(C)C2=O)sc1C. The van der Waals surface area contributed by atoms with Crippen molar-refractivity contribution in [2.75, 3.05) is 13.6 Å². The Bertz CT molecular complexity index is 380. The predicted octanol–water partition coefficient (Wildman–Crippen LogP) is 1.69. The van der Waals surface area contributed by atoms with Crippen molar-refractivity contribution < 1.29 is 4.79 Å². The maximum Gasteiger partial charge on any atom is 0.239 e. The van der Waals surface area contributed by atoms with Crippen LogP contribution in [0.15, 0.2) is 6.07 Å². The highest BCUT2D eigenvalue weighted by atomic mass is 32.1. The number of amides is 1. The lowest BCUT2D eigenvalue weighted by atomic mass is 10.2. The summed E-state index contributed by atoms with van der Waals surface area (Å²) < 4.78 is 0. The lowest BCUT2D eigenvalue weighted by molar-refractivity contribution is -0.128. The van der Waals surface area contributed by atoms with E-state index in [0.717, 1.165) is 19.5 Å². The highest BCUT2D eigenvalue weighted by molar-refractivity contribution is 7.12. The van der Waals surface area contributed by atoms with Gasteiger partial charge in [0.15, 0.2) is 0 Å². The fourth-order valence-electron chi connectivity index (χ4n) is 1.97. The van der Waals surface area contributed by atoms with Crippen molar-refractivity contribution in [1.82, 2.24) is 10.2 Å². The molecular formula is C12H18N2OS. The van der Waals surface area contributed by atoms with E-state index in [0.29, 0.717) is 0 Å². The van der Waals surface area contributed by atoms with Crippen LogP contribution >= 0.6 is 11.3 Å². The van der Waals surface area contributed by atoms with Crippen LogP contribution in [-0.2, 0) is 11.3 Å². The lowest BCUT2D eigenvalue weighted by Crippen LogP contribution is -2.36.